The molecule has 7 heteroatoms. The summed E-state index contributed by atoms with van der Waals surface area (Å²) in [6.07, 6.45) is 1.56. The minimum absolute atomic E-state index is 0.0301. The molecular formula is C25H23N3O4. The second-order valence-electron chi connectivity index (χ2n) is 7.53. The number of hydrogen-bond acceptors (Lipinski definition) is 4. The summed E-state index contributed by atoms with van der Waals surface area (Å²) in [5.74, 6) is -0.406. The molecule has 0 saturated carbocycles. The number of aromatic nitrogens is 1. The number of amides is 2. The van der Waals surface area contributed by atoms with Gasteiger partial charge >= 0.3 is 6.09 Å². The van der Waals surface area contributed by atoms with E-state index in [-0.39, 0.29) is 13.2 Å². The first-order valence-corrected chi connectivity index (χ1v) is 10.2. The number of nitrogens with one attached hydrogen (secondary N) is 1. The number of aromatic amines is 1. The lowest BCUT2D eigenvalue weighted by Crippen LogP contribution is -2.49. The van der Waals surface area contributed by atoms with Gasteiger partial charge < -0.3 is 14.5 Å². The molecule has 1 aliphatic heterocycles. The monoisotopic (exact) mass is 429 g/mol. The van der Waals surface area contributed by atoms with Crippen LogP contribution in [0.4, 0.5) is 10.5 Å². The molecule has 32 heavy (non-hydrogen) atoms. The van der Waals surface area contributed by atoms with Crippen LogP contribution in [0.2, 0.25) is 0 Å². The lowest BCUT2D eigenvalue weighted by Gasteiger charge is -2.29. The van der Waals surface area contributed by atoms with Gasteiger partial charge in [-0.05, 0) is 43.2 Å². The van der Waals surface area contributed by atoms with Gasteiger partial charge in [-0.15, -0.1) is 0 Å². The van der Waals surface area contributed by atoms with Crippen molar-refractivity contribution in [2.45, 2.75) is 20.5 Å². The highest BCUT2D eigenvalue weighted by molar-refractivity contribution is 6.35. The van der Waals surface area contributed by atoms with Crippen LogP contribution in [0.15, 0.2) is 60.7 Å². The highest BCUT2D eigenvalue weighted by Crippen LogP contribution is 2.39. The average molecular weight is 429 g/mol. The minimum atomic E-state index is -0.780. The Hall–Kier alpha value is -4.13. The number of carbonyl (C=O) groups is 3. The van der Waals surface area contributed by atoms with Gasteiger partial charge in [-0.3, -0.25) is 4.79 Å². The third-order valence-corrected chi connectivity index (χ3v) is 5.23. The summed E-state index contributed by atoms with van der Waals surface area (Å²) in [7, 11) is 0. The Morgan fingerprint density at radius 1 is 1.09 bits per heavy atom. The summed E-state index contributed by atoms with van der Waals surface area (Å²) in [5, 5.41) is 2.25. The van der Waals surface area contributed by atoms with Crippen molar-refractivity contribution in [2.75, 3.05) is 11.6 Å². The maximum atomic E-state index is 13.5. The normalized spacial score (nSPS) is 13.9. The van der Waals surface area contributed by atoms with Crippen molar-refractivity contribution in [2.24, 2.45) is 0 Å². The van der Waals surface area contributed by atoms with Gasteiger partial charge in [-0.25, -0.2) is 14.8 Å². The van der Waals surface area contributed by atoms with Crippen LogP contribution >= 0.6 is 0 Å². The molecule has 3 aromatic rings. The van der Waals surface area contributed by atoms with Gasteiger partial charge in [-0.1, -0.05) is 48.5 Å². The van der Waals surface area contributed by atoms with Crippen molar-refractivity contribution in [3.8, 4) is 0 Å². The summed E-state index contributed by atoms with van der Waals surface area (Å²) < 4.78 is 5.40. The quantitative estimate of drug-likeness (QED) is 0.469. The highest BCUT2D eigenvalue weighted by Gasteiger charge is 2.39. The number of rotatable bonds is 6. The Bertz CT molecular complexity index is 1200. The predicted molar refractivity (Wildman–Crippen MR) is 121 cm³/mol. The van der Waals surface area contributed by atoms with Crippen LogP contribution in [0.3, 0.4) is 0 Å². The molecule has 2 aromatic carbocycles. The predicted octanol–water partition coefficient (Wildman–Crippen LogP) is 4.27. The minimum Gasteiger partial charge on any atom is -0.443 e. The third-order valence-electron chi connectivity index (χ3n) is 5.23. The van der Waals surface area contributed by atoms with Gasteiger partial charge in [0.05, 0.1) is 11.3 Å². The first-order chi connectivity index (χ1) is 15.5. The van der Waals surface area contributed by atoms with Gasteiger partial charge in [0.1, 0.15) is 19.4 Å². The second-order valence-corrected chi connectivity index (χ2v) is 7.53. The van der Waals surface area contributed by atoms with Gasteiger partial charge in [0.25, 0.3) is 5.91 Å². The van der Waals surface area contributed by atoms with Crippen molar-refractivity contribution in [3.63, 3.8) is 0 Å². The number of fused-ring (bicyclic) bond motifs is 1. The Morgan fingerprint density at radius 3 is 2.50 bits per heavy atom. The van der Waals surface area contributed by atoms with Crippen LogP contribution in [0.5, 0.6) is 0 Å². The van der Waals surface area contributed by atoms with Gasteiger partial charge in [0, 0.05) is 17.0 Å². The molecule has 1 aromatic heterocycles. The number of benzene rings is 2. The van der Waals surface area contributed by atoms with E-state index in [1.54, 1.807) is 18.2 Å². The molecule has 7 nitrogen and oxygen atoms in total. The zero-order valence-corrected chi connectivity index (χ0v) is 17.9. The number of hydrogen-bond donors (Lipinski definition) is 1. The number of aryl methyl sites for hydroxylation is 2. The van der Waals surface area contributed by atoms with Crippen molar-refractivity contribution < 1.29 is 19.1 Å². The number of carbonyl (C=O) groups excluding carboxylic acids is 3. The summed E-state index contributed by atoms with van der Waals surface area (Å²) in [6, 6.07) is 18.4. The smallest absolute Gasteiger partial charge is 0.429 e. The molecule has 1 N–H and O–H groups in total. The number of hydrazine groups is 1. The number of H-pyrrole nitrogens is 1. The molecule has 0 fully saturated rings. The van der Waals surface area contributed by atoms with E-state index in [0.29, 0.717) is 23.1 Å². The number of ether oxygens (including phenoxy) is 1. The van der Waals surface area contributed by atoms with E-state index >= 15 is 0 Å². The molecular weight excluding hydrogens is 406 g/mol. The summed E-state index contributed by atoms with van der Waals surface area (Å²) in [6.45, 7) is 3.61. The van der Waals surface area contributed by atoms with Crippen LogP contribution in [0.25, 0.3) is 11.6 Å². The van der Waals surface area contributed by atoms with E-state index in [1.165, 1.54) is 5.01 Å². The zero-order valence-electron chi connectivity index (χ0n) is 17.9. The Kier molecular flexibility index (Phi) is 5.89. The van der Waals surface area contributed by atoms with Gasteiger partial charge in [-0.2, -0.15) is 0 Å². The molecule has 0 aliphatic carbocycles. The fourth-order valence-corrected chi connectivity index (χ4v) is 3.75. The SMILES string of the molecule is Cc1cc(C)c(C=C2C(=O)N(N(CC=O)C(=O)OCc3ccccc3)c3ccccc32)[nH]1. The van der Waals surface area contributed by atoms with E-state index in [1.807, 2.05) is 62.4 Å². The van der Waals surface area contributed by atoms with E-state index in [2.05, 4.69) is 4.98 Å². The van der Waals surface area contributed by atoms with E-state index in [4.69, 9.17) is 4.74 Å². The molecule has 0 radical (unpaired) electrons. The molecule has 2 amide bonds. The van der Waals surface area contributed by atoms with Crippen LogP contribution in [0.1, 0.15) is 28.1 Å². The second kappa shape index (κ2) is 8.93. The largest absolute Gasteiger partial charge is 0.443 e. The molecule has 0 spiro atoms. The molecule has 162 valence electrons. The summed E-state index contributed by atoms with van der Waals surface area (Å²) >= 11 is 0. The lowest BCUT2D eigenvalue weighted by molar-refractivity contribution is -0.116. The Morgan fingerprint density at radius 2 is 1.81 bits per heavy atom. The first kappa shape index (κ1) is 21.1. The van der Waals surface area contributed by atoms with Crippen molar-refractivity contribution in [1.29, 1.82) is 0 Å². The topological polar surface area (TPSA) is 82.7 Å². The summed E-state index contributed by atoms with van der Waals surface area (Å²) in [5.41, 5.74) is 5.23. The van der Waals surface area contributed by atoms with Crippen molar-refractivity contribution >= 4 is 35.6 Å². The zero-order chi connectivity index (χ0) is 22.7. The molecule has 0 atom stereocenters. The third kappa shape index (κ3) is 4.05. The molecule has 0 bridgehead atoms. The van der Waals surface area contributed by atoms with Crippen LogP contribution in [0, 0.1) is 13.8 Å². The number of aldehydes is 1. The maximum absolute atomic E-state index is 13.5. The number of nitrogens with zero attached hydrogens (tertiary/aromatic N) is 2. The Balaban J connectivity index is 1.67. The van der Waals surface area contributed by atoms with Crippen molar-refractivity contribution in [1.82, 2.24) is 9.99 Å². The molecule has 1 aliphatic rings. The van der Waals surface area contributed by atoms with Gasteiger partial charge in [0.2, 0.25) is 0 Å². The summed E-state index contributed by atoms with van der Waals surface area (Å²) in [4.78, 5) is 41.0. The highest BCUT2D eigenvalue weighted by atomic mass is 16.6. The van der Waals surface area contributed by atoms with Gasteiger partial charge in [0.15, 0.2) is 0 Å². The maximum Gasteiger partial charge on any atom is 0.429 e. The molecule has 0 unspecified atom stereocenters. The van der Waals surface area contributed by atoms with Crippen LogP contribution in [-0.2, 0) is 20.9 Å². The Labute approximate surface area is 185 Å². The van der Waals surface area contributed by atoms with E-state index in [0.717, 1.165) is 27.5 Å². The fraction of sp³-hybridized carbons (Fsp3) is 0.160. The standard InChI is InChI=1S/C25H23N3O4/c1-17-14-18(2)26-22(17)15-21-20-10-6-7-11-23(20)28(24(21)30)27(12-13-29)25(31)32-16-19-8-4-3-5-9-19/h3-11,13-15,26H,12,16H2,1-2H3. The van der Waals surface area contributed by atoms with Crippen molar-refractivity contribution in [3.05, 3.63) is 88.7 Å². The lowest BCUT2D eigenvalue weighted by atomic mass is 10.1. The number of para-hydroxylation sites is 1. The fourth-order valence-electron chi connectivity index (χ4n) is 3.75. The number of anilines is 1. The van der Waals surface area contributed by atoms with E-state index < -0.39 is 12.0 Å². The average Bonchev–Trinajstić information content (AvgIpc) is 3.26. The molecule has 0 saturated heterocycles. The molecule has 2 heterocycles. The van der Waals surface area contributed by atoms with Crippen LogP contribution in [-0.4, -0.2) is 34.8 Å². The molecule has 4 rings (SSSR count). The van der Waals surface area contributed by atoms with Crippen LogP contribution < -0.4 is 5.01 Å². The van der Waals surface area contributed by atoms with E-state index in [9.17, 15) is 14.4 Å². The first-order valence-electron chi connectivity index (χ1n) is 10.2.